The Morgan fingerprint density at radius 2 is 2.19 bits per heavy atom. The molecule has 0 aliphatic carbocycles. The van der Waals surface area contributed by atoms with Gasteiger partial charge < -0.3 is 10.1 Å². The average Bonchev–Trinajstić information content (AvgIpc) is 2.27. The largest absolute Gasteiger partial charge is 0.490 e. The van der Waals surface area contributed by atoms with Crippen molar-refractivity contribution in [2.45, 2.75) is 20.0 Å². The number of nitriles is 1. The highest BCUT2D eigenvalue weighted by Crippen LogP contribution is 2.20. The number of hydrogen-bond acceptors (Lipinski definition) is 3. The van der Waals surface area contributed by atoms with Crippen LogP contribution in [0.15, 0.2) is 18.2 Å². The normalized spacial score (nSPS) is 9.69. The number of nitrogens with zero attached hydrogens (tertiary/aromatic N) is 1. The molecule has 1 rings (SSSR count). The molecule has 0 bridgehead atoms. The Labute approximate surface area is 101 Å². The Hall–Kier alpha value is -1.60. The fourth-order valence-electron chi connectivity index (χ4n) is 1.26. The zero-order valence-electron chi connectivity index (χ0n) is 9.57. The third-order valence-electron chi connectivity index (χ3n) is 1.95. The van der Waals surface area contributed by atoms with Crippen LogP contribution in [0.25, 0.3) is 0 Å². The van der Waals surface area contributed by atoms with Gasteiger partial charge in [-0.15, -0.1) is 0 Å². The first kappa shape index (κ1) is 12.5. The molecular formula is C12H14N2OS. The average molecular weight is 234 g/mol. The number of rotatable bonds is 3. The minimum absolute atomic E-state index is 0.0502. The van der Waals surface area contributed by atoms with Gasteiger partial charge in [0.05, 0.1) is 11.7 Å². The molecule has 1 aromatic rings. The van der Waals surface area contributed by atoms with Crippen molar-refractivity contribution in [1.29, 1.82) is 5.26 Å². The lowest BCUT2D eigenvalue weighted by molar-refractivity contribution is 0.241. The predicted octanol–water partition coefficient (Wildman–Crippen LogP) is 2.24. The summed E-state index contributed by atoms with van der Waals surface area (Å²) in [5, 5.41) is 11.9. The number of nitrogens with one attached hydrogen (secondary N) is 1. The molecule has 0 fully saturated rings. The Kier molecular flexibility index (Phi) is 4.27. The van der Waals surface area contributed by atoms with Crippen LogP contribution in [0.2, 0.25) is 0 Å². The van der Waals surface area contributed by atoms with Crippen molar-refractivity contribution >= 4 is 17.2 Å². The Bertz CT molecular complexity index is 435. The van der Waals surface area contributed by atoms with Gasteiger partial charge in [-0.3, -0.25) is 0 Å². The molecule has 1 N–H and O–H groups in total. The van der Waals surface area contributed by atoms with Crippen molar-refractivity contribution in [3.8, 4) is 11.8 Å². The molecule has 4 heteroatoms. The van der Waals surface area contributed by atoms with E-state index in [9.17, 15) is 0 Å². The lowest BCUT2D eigenvalue weighted by atomic mass is 10.1. The summed E-state index contributed by atoms with van der Waals surface area (Å²) in [7, 11) is 1.76. The highest BCUT2D eigenvalue weighted by molar-refractivity contribution is 7.80. The number of thiocarbonyl (C=S) groups is 1. The standard InChI is InChI=1S/C12H14N2OS/c1-8(2)15-11-5-4-9(12(16)14-3)6-10(11)7-13/h4-6,8H,1-3H3,(H,14,16). The van der Waals surface area contributed by atoms with Crippen LogP contribution in [0, 0.1) is 11.3 Å². The van der Waals surface area contributed by atoms with E-state index in [1.807, 2.05) is 19.9 Å². The summed E-state index contributed by atoms with van der Waals surface area (Å²) < 4.78 is 5.52. The topological polar surface area (TPSA) is 45.0 Å². The van der Waals surface area contributed by atoms with Crippen LogP contribution in [0.1, 0.15) is 25.0 Å². The first-order valence-electron chi connectivity index (χ1n) is 5.01. The molecule has 0 amide bonds. The predicted molar refractivity (Wildman–Crippen MR) is 67.7 cm³/mol. The lowest BCUT2D eigenvalue weighted by Crippen LogP contribution is -2.16. The summed E-state index contributed by atoms with van der Waals surface area (Å²) in [4.78, 5) is 0.618. The molecule has 16 heavy (non-hydrogen) atoms. The molecule has 0 spiro atoms. The van der Waals surface area contributed by atoms with E-state index in [-0.39, 0.29) is 6.10 Å². The van der Waals surface area contributed by atoms with Crippen LogP contribution in [0.3, 0.4) is 0 Å². The van der Waals surface area contributed by atoms with Gasteiger partial charge in [-0.1, -0.05) is 12.2 Å². The van der Waals surface area contributed by atoms with Crippen molar-refractivity contribution in [2.75, 3.05) is 7.05 Å². The van der Waals surface area contributed by atoms with E-state index < -0.39 is 0 Å². The summed E-state index contributed by atoms with van der Waals surface area (Å²) in [5.41, 5.74) is 1.33. The SMILES string of the molecule is CNC(=S)c1ccc(OC(C)C)c(C#N)c1. The third kappa shape index (κ3) is 2.94. The van der Waals surface area contributed by atoms with Crippen LogP contribution >= 0.6 is 12.2 Å². The van der Waals surface area contributed by atoms with Gasteiger partial charge in [0.15, 0.2) is 0 Å². The Morgan fingerprint density at radius 1 is 1.50 bits per heavy atom. The van der Waals surface area contributed by atoms with Gasteiger partial charge in [-0.05, 0) is 32.0 Å². The molecular weight excluding hydrogens is 220 g/mol. The summed E-state index contributed by atoms with van der Waals surface area (Å²) in [6, 6.07) is 7.46. The van der Waals surface area contributed by atoms with Crippen LogP contribution in [0.5, 0.6) is 5.75 Å². The first-order valence-corrected chi connectivity index (χ1v) is 5.42. The fourth-order valence-corrected chi connectivity index (χ4v) is 1.39. The van der Waals surface area contributed by atoms with Gasteiger partial charge in [-0.25, -0.2) is 0 Å². The zero-order valence-corrected chi connectivity index (χ0v) is 10.4. The highest BCUT2D eigenvalue weighted by atomic mass is 32.1. The number of hydrogen-bond donors (Lipinski definition) is 1. The van der Waals surface area contributed by atoms with Crippen molar-refractivity contribution in [3.05, 3.63) is 29.3 Å². The molecule has 0 aliphatic heterocycles. The third-order valence-corrected chi connectivity index (χ3v) is 2.39. The molecule has 0 unspecified atom stereocenters. The van der Waals surface area contributed by atoms with Crippen LogP contribution in [-0.4, -0.2) is 18.1 Å². The van der Waals surface area contributed by atoms with E-state index in [0.29, 0.717) is 16.3 Å². The van der Waals surface area contributed by atoms with Crippen molar-refractivity contribution in [2.24, 2.45) is 0 Å². The summed E-state index contributed by atoms with van der Waals surface area (Å²) >= 11 is 5.10. The van der Waals surface area contributed by atoms with Crippen LogP contribution in [-0.2, 0) is 0 Å². The smallest absolute Gasteiger partial charge is 0.137 e. The molecule has 0 heterocycles. The molecule has 3 nitrogen and oxygen atoms in total. The summed E-state index contributed by atoms with van der Waals surface area (Å²) in [6.07, 6.45) is 0.0502. The van der Waals surface area contributed by atoms with Crippen molar-refractivity contribution in [3.63, 3.8) is 0 Å². The monoisotopic (exact) mass is 234 g/mol. The molecule has 0 aromatic heterocycles. The number of ether oxygens (including phenoxy) is 1. The zero-order chi connectivity index (χ0) is 12.1. The quantitative estimate of drug-likeness (QED) is 0.815. The van der Waals surface area contributed by atoms with E-state index >= 15 is 0 Å². The molecule has 1 aromatic carbocycles. The molecule has 0 saturated heterocycles. The molecule has 0 radical (unpaired) electrons. The van der Waals surface area contributed by atoms with Crippen molar-refractivity contribution in [1.82, 2.24) is 5.32 Å². The Morgan fingerprint density at radius 3 is 2.69 bits per heavy atom. The lowest BCUT2D eigenvalue weighted by Gasteiger charge is -2.12. The van der Waals surface area contributed by atoms with Gasteiger partial charge >= 0.3 is 0 Å². The maximum absolute atomic E-state index is 9.02. The molecule has 0 saturated carbocycles. The molecule has 84 valence electrons. The maximum atomic E-state index is 9.02. The van der Waals surface area contributed by atoms with Crippen molar-refractivity contribution < 1.29 is 4.74 Å². The minimum atomic E-state index is 0.0502. The minimum Gasteiger partial charge on any atom is -0.490 e. The van der Waals surface area contributed by atoms with Gasteiger partial charge in [-0.2, -0.15) is 5.26 Å². The highest BCUT2D eigenvalue weighted by Gasteiger charge is 2.08. The summed E-state index contributed by atoms with van der Waals surface area (Å²) in [5.74, 6) is 0.597. The van der Waals surface area contributed by atoms with Gasteiger partial charge in [0.1, 0.15) is 16.8 Å². The number of benzene rings is 1. The molecule has 0 aliphatic rings. The second-order valence-corrected chi connectivity index (χ2v) is 3.98. The van der Waals surface area contributed by atoms with Crippen LogP contribution in [0.4, 0.5) is 0 Å². The van der Waals surface area contributed by atoms with E-state index in [4.69, 9.17) is 22.2 Å². The second-order valence-electron chi connectivity index (χ2n) is 3.57. The van der Waals surface area contributed by atoms with Gasteiger partial charge in [0.25, 0.3) is 0 Å². The van der Waals surface area contributed by atoms with E-state index in [0.717, 1.165) is 5.56 Å². The fraction of sp³-hybridized carbons (Fsp3) is 0.333. The van der Waals surface area contributed by atoms with Gasteiger partial charge in [0.2, 0.25) is 0 Å². The van der Waals surface area contributed by atoms with E-state index in [2.05, 4.69) is 11.4 Å². The first-order chi connectivity index (χ1) is 7.58. The second kappa shape index (κ2) is 5.47. The van der Waals surface area contributed by atoms with E-state index in [1.54, 1.807) is 19.2 Å². The molecule has 0 atom stereocenters. The summed E-state index contributed by atoms with van der Waals surface area (Å²) in [6.45, 7) is 3.85. The van der Waals surface area contributed by atoms with E-state index in [1.165, 1.54) is 0 Å². The Balaban J connectivity index is 3.08. The maximum Gasteiger partial charge on any atom is 0.137 e. The van der Waals surface area contributed by atoms with Crippen LogP contribution < -0.4 is 10.1 Å². The van der Waals surface area contributed by atoms with Gasteiger partial charge in [0, 0.05) is 12.6 Å².